The van der Waals surface area contributed by atoms with Crippen LogP contribution < -0.4 is 5.32 Å². The molecule has 0 radical (unpaired) electrons. The van der Waals surface area contributed by atoms with Crippen molar-refractivity contribution in [2.75, 3.05) is 6.54 Å². The molecule has 1 aliphatic carbocycles. The fraction of sp³-hybridized carbons (Fsp3) is 0.538. The summed E-state index contributed by atoms with van der Waals surface area (Å²) in [6.45, 7) is 4.60. The van der Waals surface area contributed by atoms with Crippen LogP contribution >= 0.6 is 0 Å². The van der Waals surface area contributed by atoms with Crippen LogP contribution in [0.1, 0.15) is 43.1 Å². The van der Waals surface area contributed by atoms with Crippen LogP contribution in [0.15, 0.2) is 22.9 Å². The average molecular weight is 246 g/mol. The normalized spacial score (nSPS) is 15.2. The molecule has 1 aliphatic rings. The molecule has 2 heterocycles. The Morgan fingerprint density at radius 3 is 3.17 bits per heavy atom. The van der Waals surface area contributed by atoms with Crippen molar-refractivity contribution >= 4 is 0 Å². The minimum atomic E-state index is 0.549. The molecule has 1 N–H and O–H groups in total. The van der Waals surface area contributed by atoms with E-state index in [-0.39, 0.29) is 0 Å². The molecule has 18 heavy (non-hydrogen) atoms. The first-order valence-electron chi connectivity index (χ1n) is 6.54. The van der Waals surface area contributed by atoms with Gasteiger partial charge in [0.15, 0.2) is 5.82 Å². The van der Waals surface area contributed by atoms with Crippen molar-refractivity contribution < 1.29 is 4.52 Å². The molecule has 1 saturated carbocycles. The van der Waals surface area contributed by atoms with Crippen molar-refractivity contribution in [3.63, 3.8) is 0 Å². The monoisotopic (exact) mass is 246 g/mol. The van der Waals surface area contributed by atoms with Crippen molar-refractivity contribution in [1.82, 2.24) is 20.0 Å². The first-order chi connectivity index (χ1) is 8.86. The Labute approximate surface area is 106 Å². The topological polar surface area (TPSA) is 55.9 Å². The second-order valence-electron chi connectivity index (χ2n) is 4.73. The highest BCUT2D eigenvalue weighted by Crippen LogP contribution is 2.38. The minimum Gasteiger partial charge on any atom is -0.341 e. The summed E-state index contributed by atoms with van der Waals surface area (Å²) in [5.74, 6) is 2.13. The maximum atomic E-state index is 5.30. The van der Waals surface area contributed by atoms with Crippen molar-refractivity contribution in [2.24, 2.45) is 0 Å². The molecule has 0 amide bonds. The SMILES string of the molecule is CCNCc1cccn1Cc1nc(C2CC2)no1. The summed E-state index contributed by atoms with van der Waals surface area (Å²) in [4.78, 5) is 4.45. The quantitative estimate of drug-likeness (QED) is 0.846. The summed E-state index contributed by atoms with van der Waals surface area (Å²) < 4.78 is 7.44. The summed E-state index contributed by atoms with van der Waals surface area (Å²) in [7, 11) is 0. The molecule has 5 nitrogen and oxygen atoms in total. The van der Waals surface area contributed by atoms with E-state index >= 15 is 0 Å². The van der Waals surface area contributed by atoms with Gasteiger partial charge in [0.1, 0.15) is 6.54 Å². The van der Waals surface area contributed by atoms with Crippen molar-refractivity contribution in [1.29, 1.82) is 0 Å². The van der Waals surface area contributed by atoms with Crippen molar-refractivity contribution in [2.45, 2.75) is 38.8 Å². The molecule has 96 valence electrons. The molecular formula is C13H18N4O. The highest BCUT2D eigenvalue weighted by Gasteiger charge is 2.28. The van der Waals surface area contributed by atoms with Crippen LogP contribution in [-0.2, 0) is 13.1 Å². The van der Waals surface area contributed by atoms with Gasteiger partial charge in [-0.05, 0) is 31.5 Å². The van der Waals surface area contributed by atoms with E-state index < -0.39 is 0 Å². The summed E-state index contributed by atoms with van der Waals surface area (Å²) in [6, 6.07) is 4.16. The van der Waals surface area contributed by atoms with E-state index in [1.165, 1.54) is 18.5 Å². The Hall–Kier alpha value is -1.62. The third-order valence-electron chi connectivity index (χ3n) is 3.21. The predicted octanol–water partition coefficient (Wildman–Crippen LogP) is 1.91. The van der Waals surface area contributed by atoms with Gasteiger partial charge in [0.05, 0.1) is 0 Å². The first kappa shape index (κ1) is 11.5. The summed E-state index contributed by atoms with van der Waals surface area (Å²) in [5.41, 5.74) is 1.24. The van der Waals surface area contributed by atoms with Gasteiger partial charge in [0.2, 0.25) is 5.89 Å². The van der Waals surface area contributed by atoms with Crippen LogP contribution in [0.4, 0.5) is 0 Å². The fourth-order valence-corrected chi connectivity index (χ4v) is 2.00. The molecule has 2 aromatic heterocycles. The maximum absolute atomic E-state index is 5.30. The fourth-order valence-electron chi connectivity index (χ4n) is 2.00. The number of nitrogens with zero attached hydrogens (tertiary/aromatic N) is 3. The van der Waals surface area contributed by atoms with E-state index in [4.69, 9.17) is 4.52 Å². The standard InChI is InChI=1S/C13H18N4O/c1-2-14-8-11-4-3-7-17(11)9-12-15-13(16-18-12)10-5-6-10/h3-4,7,10,14H,2,5-6,8-9H2,1H3. The lowest BCUT2D eigenvalue weighted by Gasteiger charge is -2.06. The van der Waals surface area contributed by atoms with Gasteiger partial charge >= 0.3 is 0 Å². The van der Waals surface area contributed by atoms with E-state index in [0.717, 1.165) is 18.9 Å². The van der Waals surface area contributed by atoms with E-state index in [2.05, 4.69) is 33.0 Å². The molecule has 0 bridgehead atoms. The van der Waals surface area contributed by atoms with Crippen molar-refractivity contribution in [3.8, 4) is 0 Å². The molecule has 0 spiro atoms. The zero-order valence-corrected chi connectivity index (χ0v) is 10.6. The Morgan fingerprint density at radius 2 is 2.39 bits per heavy atom. The molecule has 2 aromatic rings. The highest BCUT2D eigenvalue weighted by atomic mass is 16.5. The van der Waals surface area contributed by atoms with Crippen molar-refractivity contribution in [3.05, 3.63) is 35.7 Å². The van der Waals surface area contributed by atoms with E-state index in [1.54, 1.807) is 0 Å². The second-order valence-corrected chi connectivity index (χ2v) is 4.73. The summed E-state index contributed by atoms with van der Waals surface area (Å²) in [6.07, 6.45) is 4.45. The number of aromatic nitrogens is 3. The predicted molar refractivity (Wildman–Crippen MR) is 67.2 cm³/mol. The number of nitrogens with one attached hydrogen (secondary N) is 1. The van der Waals surface area contributed by atoms with Gasteiger partial charge < -0.3 is 14.4 Å². The second kappa shape index (κ2) is 4.94. The van der Waals surface area contributed by atoms with Gasteiger partial charge in [0.25, 0.3) is 0 Å². The maximum Gasteiger partial charge on any atom is 0.246 e. The van der Waals surface area contributed by atoms with Crippen LogP contribution in [0.5, 0.6) is 0 Å². The van der Waals surface area contributed by atoms with Gasteiger partial charge in [-0.15, -0.1) is 0 Å². The molecule has 0 unspecified atom stereocenters. The van der Waals surface area contributed by atoms with Gasteiger partial charge in [-0.25, -0.2) is 0 Å². The van der Waals surface area contributed by atoms with Gasteiger partial charge in [0, 0.05) is 24.4 Å². The average Bonchev–Trinajstić information content (AvgIpc) is 2.97. The third-order valence-corrected chi connectivity index (χ3v) is 3.21. The largest absolute Gasteiger partial charge is 0.341 e. The third kappa shape index (κ3) is 2.46. The van der Waals surface area contributed by atoms with Crippen LogP contribution in [0, 0.1) is 0 Å². The first-order valence-corrected chi connectivity index (χ1v) is 6.54. The smallest absolute Gasteiger partial charge is 0.246 e. The number of hydrogen-bond donors (Lipinski definition) is 1. The minimum absolute atomic E-state index is 0.549. The van der Waals surface area contributed by atoms with Crippen LogP contribution in [0.25, 0.3) is 0 Å². The van der Waals surface area contributed by atoms with E-state index in [0.29, 0.717) is 18.4 Å². The molecule has 0 aromatic carbocycles. The van der Waals surface area contributed by atoms with Crippen LogP contribution in [0.2, 0.25) is 0 Å². The zero-order valence-electron chi connectivity index (χ0n) is 10.6. The summed E-state index contributed by atoms with van der Waals surface area (Å²) in [5, 5.41) is 7.36. The molecule has 3 rings (SSSR count). The van der Waals surface area contributed by atoms with Crippen LogP contribution in [-0.4, -0.2) is 21.3 Å². The lowest BCUT2D eigenvalue weighted by Crippen LogP contribution is -2.15. The van der Waals surface area contributed by atoms with Crippen LogP contribution in [0.3, 0.4) is 0 Å². The molecule has 5 heteroatoms. The van der Waals surface area contributed by atoms with Gasteiger partial charge in [-0.2, -0.15) is 4.98 Å². The Bertz CT molecular complexity index is 513. The van der Waals surface area contributed by atoms with Gasteiger partial charge in [-0.1, -0.05) is 12.1 Å². The molecular weight excluding hydrogens is 228 g/mol. The molecule has 0 atom stereocenters. The number of rotatable bonds is 6. The lowest BCUT2D eigenvalue weighted by atomic mass is 10.4. The molecule has 0 saturated heterocycles. The Balaban J connectivity index is 1.68. The molecule has 0 aliphatic heterocycles. The lowest BCUT2D eigenvalue weighted by molar-refractivity contribution is 0.364. The Morgan fingerprint density at radius 1 is 1.50 bits per heavy atom. The van der Waals surface area contributed by atoms with E-state index in [9.17, 15) is 0 Å². The van der Waals surface area contributed by atoms with Gasteiger partial charge in [-0.3, -0.25) is 0 Å². The number of hydrogen-bond acceptors (Lipinski definition) is 4. The highest BCUT2D eigenvalue weighted by molar-refractivity contribution is 5.09. The Kier molecular flexibility index (Phi) is 3.15. The zero-order chi connectivity index (χ0) is 12.4. The molecule has 1 fully saturated rings. The summed E-state index contributed by atoms with van der Waals surface area (Å²) >= 11 is 0. The van der Waals surface area contributed by atoms with E-state index in [1.807, 2.05) is 12.3 Å².